The maximum absolute atomic E-state index is 6.27. The van der Waals surface area contributed by atoms with Gasteiger partial charge in [0.05, 0.1) is 12.0 Å². The molecule has 0 aliphatic heterocycles. The van der Waals surface area contributed by atoms with Crippen LogP contribution in [0.1, 0.15) is 23.6 Å². The SMILES string of the molecule is CCN(C)/C=N\c1cc(Cl)cc(Cc2ccc(Br)cc2)c1C. The zero-order valence-electron chi connectivity index (χ0n) is 13.1. The average Bonchev–Trinajstić information content (AvgIpc) is 2.50. The lowest BCUT2D eigenvalue weighted by atomic mass is 9.99. The lowest BCUT2D eigenvalue weighted by Gasteiger charge is -2.12. The highest BCUT2D eigenvalue weighted by Crippen LogP contribution is 2.29. The second kappa shape index (κ2) is 7.80. The summed E-state index contributed by atoms with van der Waals surface area (Å²) in [4.78, 5) is 6.60. The van der Waals surface area contributed by atoms with Crippen molar-refractivity contribution < 1.29 is 0 Å². The van der Waals surface area contributed by atoms with E-state index in [0.29, 0.717) is 0 Å². The standard InChI is InChI=1S/C18H20BrClN2/c1-4-22(3)12-21-18-11-17(20)10-15(13(18)2)9-14-5-7-16(19)8-6-14/h5-8,10-12H,4,9H2,1-3H3/b21-12-. The maximum atomic E-state index is 6.27. The van der Waals surface area contributed by atoms with Crippen molar-refractivity contribution in [3.8, 4) is 0 Å². The van der Waals surface area contributed by atoms with Crippen molar-refractivity contribution in [3.63, 3.8) is 0 Å². The minimum Gasteiger partial charge on any atom is -0.366 e. The van der Waals surface area contributed by atoms with Crippen molar-refractivity contribution in [2.24, 2.45) is 4.99 Å². The van der Waals surface area contributed by atoms with Gasteiger partial charge in [0.1, 0.15) is 0 Å². The number of aliphatic imine (C=N–C) groups is 1. The Kier molecular flexibility index (Phi) is 6.04. The number of hydrogen-bond donors (Lipinski definition) is 0. The van der Waals surface area contributed by atoms with E-state index in [1.54, 1.807) is 0 Å². The number of benzene rings is 2. The van der Waals surface area contributed by atoms with Gasteiger partial charge in [-0.15, -0.1) is 0 Å². The molecular weight excluding hydrogens is 360 g/mol. The Balaban J connectivity index is 2.30. The Morgan fingerprint density at radius 1 is 1.23 bits per heavy atom. The third-order valence-corrected chi connectivity index (χ3v) is 4.40. The van der Waals surface area contributed by atoms with Gasteiger partial charge >= 0.3 is 0 Å². The smallest absolute Gasteiger partial charge is 0.0909 e. The molecule has 116 valence electrons. The first-order valence-corrected chi connectivity index (χ1v) is 8.44. The van der Waals surface area contributed by atoms with Crippen LogP contribution >= 0.6 is 27.5 Å². The lowest BCUT2D eigenvalue weighted by Crippen LogP contribution is -2.14. The monoisotopic (exact) mass is 378 g/mol. The molecule has 0 heterocycles. The molecule has 0 atom stereocenters. The fourth-order valence-corrected chi connectivity index (χ4v) is 2.60. The summed E-state index contributed by atoms with van der Waals surface area (Å²) in [6.45, 7) is 5.12. The number of nitrogens with zero attached hydrogens (tertiary/aromatic N) is 2. The number of hydrogen-bond acceptors (Lipinski definition) is 1. The van der Waals surface area contributed by atoms with Crippen LogP contribution in [-0.4, -0.2) is 24.8 Å². The second-order valence-electron chi connectivity index (χ2n) is 5.33. The summed E-state index contributed by atoms with van der Waals surface area (Å²) in [6.07, 6.45) is 2.70. The van der Waals surface area contributed by atoms with Crippen molar-refractivity contribution >= 4 is 39.6 Å². The summed E-state index contributed by atoms with van der Waals surface area (Å²) in [7, 11) is 2.01. The van der Waals surface area contributed by atoms with Crippen molar-refractivity contribution in [3.05, 3.63) is 62.6 Å². The zero-order valence-corrected chi connectivity index (χ0v) is 15.4. The summed E-state index contributed by atoms with van der Waals surface area (Å²) in [5.74, 6) is 0. The molecule has 2 rings (SSSR count). The first-order chi connectivity index (χ1) is 10.5. The van der Waals surface area contributed by atoms with Crippen molar-refractivity contribution in [1.29, 1.82) is 0 Å². The predicted octanol–water partition coefficient (Wildman–Crippen LogP) is 5.61. The summed E-state index contributed by atoms with van der Waals surface area (Å²) < 4.78 is 1.09. The van der Waals surface area contributed by atoms with Gasteiger partial charge < -0.3 is 4.90 Å². The van der Waals surface area contributed by atoms with E-state index in [1.165, 1.54) is 16.7 Å². The highest BCUT2D eigenvalue weighted by Gasteiger charge is 2.07. The van der Waals surface area contributed by atoms with Crippen LogP contribution in [0.4, 0.5) is 5.69 Å². The average molecular weight is 380 g/mol. The molecule has 0 aliphatic rings. The van der Waals surface area contributed by atoms with Crippen LogP contribution in [0.25, 0.3) is 0 Å². The molecule has 0 N–H and O–H groups in total. The Morgan fingerprint density at radius 2 is 1.91 bits per heavy atom. The van der Waals surface area contributed by atoms with Gasteiger partial charge in [-0.3, -0.25) is 0 Å². The molecule has 2 aromatic rings. The minimum absolute atomic E-state index is 0.726. The van der Waals surface area contributed by atoms with Crippen LogP contribution in [0.2, 0.25) is 5.02 Å². The van der Waals surface area contributed by atoms with Crippen LogP contribution in [0.5, 0.6) is 0 Å². The molecule has 2 aromatic carbocycles. The Morgan fingerprint density at radius 3 is 2.55 bits per heavy atom. The fourth-order valence-electron chi connectivity index (χ4n) is 2.10. The molecule has 0 radical (unpaired) electrons. The molecule has 22 heavy (non-hydrogen) atoms. The molecule has 0 saturated heterocycles. The molecular formula is C18H20BrClN2. The van der Waals surface area contributed by atoms with Gasteiger partial charge in [-0.2, -0.15) is 0 Å². The highest BCUT2D eigenvalue weighted by molar-refractivity contribution is 9.10. The van der Waals surface area contributed by atoms with E-state index in [0.717, 1.165) is 28.1 Å². The van der Waals surface area contributed by atoms with Crippen LogP contribution < -0.4 is 0 Å². The maximum Gasteiger partial charge on any atom is 0.0909 e. The normalized spacial score (nSPS) is 11.1. The van der Waals surface area contributed by atoms with E-state index < -0.39 is 0 Å². The Hall–Kier alpha value is -1.32. The zero-order chi connectivity index (χ0) is 16.1. The van der Waals surface area contributed by atoms with Gasteiger partial charge in [-0.25, -0.2) is 4.99 Å². The summed E-state index contributed by atoms with van der Waals surface area (Å²) >= 11 is 9.73. The third-order valence-electron chi connectivity index (χ3n) is 3.65. The second-order valence-corrected chi connectivity index (χ2v) is 6.68. The van der Waals surface area contributed by atoms with Gasteiger partial charge in [0.25, 0.3) is 0 Å². The van der Waals surface area contributed by atoms with Crippen LogP contribution in [0, 0.1) is 6.92 Å². The molecule has 0 fully saturated rings. The van der Waals surface area contributed by atoms with E-state index in [2.05, 4.69) is 59.0 Å². The predicted molar refractivity (Wildman–Crippen MR) is 99.6 cm³/mol. The minimum atomic E-state index is 0.726. The highest BCUT2D eigenvalue weighted by atomic mass is 79.9. The third kappa shape index (κ3) is 4.59. The first kappa shape index (κ1) is 17.0. The molecule has 0 bridgehead atoms. The molecule has 0 aliphatic carbocycles. The first-order valence-electron chi connectivity index (χ1n) is 7.27. The number of rotatable bonds is 5. The van der Waals surface area contributed by atoms with Gasteiger partial charge in [0, 0.05) is 23.1 Å². The summed E-state index contributed by atoms with van der Waals surface area (Å²) in [5, 5.41) is 0.726. The van der Waals surface area contributed by atoms with Crippen molar-refractivity contribution in [2.75, 3.05) is 13.6 Å². The largest absolute Gasteiger partial charge is 0.366 e. The summed E-state index contributed by atoms with van der Waals surface area (Å²) in [5.41, 5.74) is 4.57. The topological polar surface area (TPSA) is 15.6 Å². The van der Waals surface area contributed by atoms with Crippen LogP contribution in [0.3, 0.4) is 0 Å². The van der Waals surface area contributed by atoms with Crippen LogP contribution in [-0.2, 0) is 6.42 Å². The van der Waals surface area contributed by atoms with Gasteiger partial charge in [0.15, 0.2) is 0 Å². The van der Waals surface area contributed by atoms with Gasteiger partial charge in [0.2, 0.25) is 0 Å². The molecule has 4 heteroatoms. The Labute approximate surface area is 146 Å². The van der Waals surface area contributed by atoms with Crippen LogP contribution in [0.15, 0.2) is 45.9 Å². The molecule has 0 amide bonds. The molecule has 0 aromatic heterocycles. The summed E-state index contributed by atoms with van der Waals surface area (Å²) in [6, 6.07) is 12.3. The van der Waals surface area contributed by atoms with E-state index >= 15 is 0 Å². The molecule has 0 unspecified atom stereocenters. The number of halogens is 2. The van der Waals surface area contributed by atoms with E-state index in [9.17, 15) is 0 Å². The van der Waals surface area contributed by atoms with Crippen molar-refractivity contribution in [1.82, 2.24) is 4.90 Å². The van der Waals surface area contributed by atoms with E-state index in [1.807, 2.05) is 30.4 Å². The molecule has 0 spiro atoms. The van der Waals surface area contributed by atoms with E-state index in [-0.39, 0.29) is 0 Å². The van der Waals surface area contributed by atoms with Crippen molar-refractivity contribution in [2.45, 2.75) is 20.3 Å². The van der Waals surface area contributed by atoms with E-state index in [4.69, 9.17) is 11.6 Å². The molecule has 0 saturated carbocycles. The van der Waals surface area contributed by atoms with Gasteiger partial charge in [-0.1, -0.05) is 39.7 Å². The molecule has 2 nitrogen and oxygen atoms in total. The van der Waals surface area contributed by atoms with Gasteiger partial charge in [-0.05, 0) is 61.2 Å². The Bertz CT molecular complexity index is 666. The fraction of sp³-hybridized carbons (Fsp3) is 0.278. The lowest BCUT2D eigenvalue weighted by molar-refractivity contribution is 0.552. The quantitative estimate of drug-likeness (QED) is 0.487.